The molecule has 1 aliphatic heterocycles. The number of aryl methyl sites for hydroxylation is 1. The molecule has 0 bridgehead atoms. The fourth-order valence-electron chi connectivity index (χ4n) is 2.38. The van der Waals surface area contributed by atoms with E-state index in [9.17, 15) is 9.59 Å². The van der Waals surface area contributed by atoms with Gasteiger partial charge < -0.3 is 4.74 Å². The monoisotopic (exact) mass is 236 g/mol. The van der Waals surface area contributed by atoms with Crippen LogP contribution in [0.25, 0.3) is 0 Å². The van der Waals surface area contributed by atoms with Gasteiger partial charge in [-0.2, -0.15) is 5.10 Å². The molecule has 2 rings (SSSR count). The minimum absolute atomic E-state index is 0.129. The largest absolute Gasteiger partial charge is 0.393 e. The molecular weight excluding hydrogens is 220 g/mol. The highest BCUT2D eigenvalue weighted by atomic mass is 16.6. The number of hydrogen-bond donors (Lipinski definition) is 0. The lowest BCUT2D eigenvalue weighted by atomic mass is 9.96. The van der Waals surface area contributed by atoms with E-state index in [1.165, 1.54) is 0 Å². The third-order valence-electron chi connectivity index (χ3n) is 3.09. The van der Waals surface area contributed by atoms with Gasteiger partial charge in [-0.1, -0.05) is 0 Å². The summed E-state index contributed by atoms with van der Waals surface area (Å²) < 4.78 is 6.47. The lowest BCUT2D eigenvalue weighted by Crippen LogP contribution is -2.09. The lowest BCUT2D eigenvalue weighted by Gasteiger charge is -2.09. The number of cyclic esters (lactones) is 2. The van der Waals surface area contributed by atoms with E-state index in [0.29, 0.717) is 0 Å². The van der Waals surface area contributed by atoms with E-state index >= 15 is 0 Å². The molecule has 2 heterocycles. The Kier molecular flexibility index (Phi) is 2.77. The normalized spacial score (nSPS) is 20.2. The van der Waals surface area contributed by atoms with Gasteiger partial charge in [0, 0.05) is 17.3 Å². The van der Waals surface area contributed by atoms with E-state index in [0.717, 1.165) is 17.0 Å². The number of ether oxygens (including phenoxy) is 1. The summed E-state index contributed by atoms with van der Waals surface area (Å²) in [6, 6.07) is 0.232. The van der Waals surface area contributed by atoms with Crippen LogP contribution in [-0.4, -0.2) is 21.7 Å². The highest BCUT2D eigenvalue weighted by Crippen LogP contribution is 2.32. The summed E-state index contributed by atoms with van der Waals surface area (Å²) in [5.41, 5.74) is 2.58. The minimum atomic E-state index is -0.477. The number of aromatic nitrogens is 2. The van der Waals surface area contributed by atoms with Crippen molar-refractivity contribution in [2.45, 2.75) is 46.1 Å². The van der Waals surface area contributed by atoms with Gasteiger partial charge in [-0.05, 0) is 27.7 Å². The molecule has 0 radical (unpaired) electrons. The standard InChI is InChI=1S/C12H16N2O3/c1-6(2)14-8(4)11(7(3)13-14)9-5-10(15)17-12(9)16/h6,9H,5H2,1-4H3. The predicted octanol–water partition coefficient (Wildman–Crippen LogP) is 1.64. The van der Waals surface area contributed by atoms with Crippen molar-refractivity contribution < 1.29 is 14.3 Å². The van der Waals surface area contributed by atoms with Crippen LogP contribution in [-0.2, 0) is 14.3 Å². The van der Waals surface area contributed by atoms with Gasteiger partial charge in [0.1, 0.15) is 0 Å². The molecule has 1 aromatic rings. The smallest absolute Gasteiger partial charge is 0.321 e. The zero-order valence-electron chi connectivity index (χ0n) is 10.5. The van der Waals surface area contributed by atoms with Crippen LogP contribution < -0.4 is 0 Å². The molecule has 1 aromatic heterocycles. The Balaban J connectivity index is 2.46. The fraction of sp³-hybridized carbons (Fsp3) is 0.583. The summed E-state index contributed by atoms with van der Waals surface area (Å²) in [6.45, 7) is 7.84. The second-order valence-corrected chi connectivity index (χ2v) is 4.67. The molecule has 0 aliphatic carbocycles. The fourth-order valence-corrected chi connectivity index (χ4v) is 2.38. The van der Waals surface area contributed by atoms with Crippen molar-refractivity contribution in [1.29, 1.82) is 0 Å². The molecule has 0 amide bonds. The molecule has 0 spiro atoms. The van der Waals surface area contributed by atoms with Crippen LogP contribution in [0.15, 0.2) is 0 Å². The molecule has 0 saturated carbocycles. The molecule has 0 N–H and O–H groups in total. The van der Waals surface area contributed by atoms with Crippen molar-refractivity contribution in [3.8, 4) is 0 Å². The van der Waals surface area contributed by atoms with E-state index in [1.807, 2.05) is 32.4 Å². The van der Waals surface area contributed by atoms with E-state index in [4.69, 9.17) is 0 Å². The lowest BCUT2D eigenvalue weighted by molar-refractivity contribution is -0.152. The number of rotatable bonds is 2. The topological polar surface area (TPSA) is 61.2 Å². The van der Waals surface area contributed by atoms with Crippen LogP contribution in [0.1, 0.15) is 49.2 Å². The van der Waals surface area contributed by atoms with Crippen molar-refractivity contribution >= 4 is 11.9 Å². The maximum absolute atomic E-state index is 11.6. The molecule has 1 fully saturated rings. The van der Waals surface area contributed by atoms with Crippen molar-refractivity contribution in [2.24, 2.45) is 0 Å². The van der Waals surface area contributed by atoms with Gasteiger partial charge in [0.25, 0.3) is 0 Å². The number of carbonyl (C=O) groups excluding carboxylic acids is 2. The van der Waals surface area contributed by atoms with Crippen molar-refractivity contribution in [3.05, 3.63) is 17.0 Å². The van der Waals surface area contributed by atoms with Gasteiger partial charge in [0.15, 0.2) is 0 Å². The maximum Gasteiger partial charge on any atom is 0.321 e. The van der Waals surface area contributed by atoms with Crippen molar-refractivity contribution in [1.82, 2.24) is 9.78 Å². The van der Waals surface area contributed by atoms with Crippen LogP contribution in [0.5, 0.6) is 0 Å². The Bertz CT molecular complexity index is 488. The Morgan fingerprint density at radius 2 is 2.00 bits per heavy atom. The molecule has 92 valence electrons. The minimum Gasteiger partial charge on any atom is -0.393 e. The Hall–Kier alpha value is -1.65. The van der Waals surface area contributed by atoms with Crippen LogP contribution in [0.3, 0.4) is 0 Å². The molecule has 1 unspecified atom stereocenters. The molecular formula is C12H16N2O3. The van der Waals surface area contributed by atoms with E-state index < -0.39 is 17.9 Å². The quantitative estimate of drug-likeness (QED) is 0.578. The molecule has 5 nitrogen and oxygen atoms in total. The highest BCUT2D eigenvalue weighted by Gasteiger charge is 2.38. The number of esters is 2. The van der Waals surface area contributed by atoms with Gasteiger partial charge >= 0.3 is 11.9 Å². The first-order valence-corrected chi connectivity index (χ1v) is 5.72. The molecule has 1 saturated heterocycles. The first-order valence-electron chi connectivity index (χ1n) is 5.72. The summed E-state index contributed by atoms with van der Waals surface area (Å²) in [4.78, 5) is 22.7. The summed E-state index contributed by atoms with van der Waals surface area (Å²) in [7, 11) is 0. The van der Waals surface area contributed by atoms with Crippen molar-refractivity contribution in [2.75, 3.05) is 0 Å². The number of carbonyl (C=O) groups is 2. The molecule has 5 heteroatoms. The van der Waals surface area contributed by atoms with E-state index in [1.54, 1.807) is 0 Å². The number of nitrogens with zero attached hydrogens (tertiary/aromatic N) is 2. The second kappa shape index (κ2) is 3.98. The third-order valence-corrected chi connectivity index (χ3v) is 3.09. The number of hydrogen-bond acceptors (Lipinski definition) is 4. The summed E-state index contributed by atoms with van der Waals surface area (Å²) in [6.07, 6.45) is 0.129. The van der Waals surface area contributed by atoms with Crippen LogP contribution in [0, 0.1) is 13.8 Å². The zero-order chi connectivity index (χ0) is 12.7. The summed E-state index contributed by atoms with van der Waals surface area (Å²) in [5.74, 6) is -1.38. The summed E-state index contributed by atoms with van der Waals surface area (Å²) >= 11 is 0. The average molecular weight is 236 g/mol. The first kappa shape index (κ1) is 11.8. The highest BCUT2D eigenvalue weighted by molar-refractivity contribution is 5.98. The molecule has 1 atom stereocenters. The van der Waals surface area contributed by atoms with Crippen LogP contribution >= 0.6 is 0 Å². The maximum atomic E-state index is 11.6. The van der Waals surface area contributed by atoms with Crippen molar-refractivity contribution in [3.63, 3.8) is 0 Å². The second-order valence-electron chi connectivity index (χ2n) is 4.67. The van der Waals surface area contributed by atoms with Crippen LogP contribution in [0.2, 0.25) is 0 Å². The molecule has 1 aliphatic rings. The Morgan fingerprint density at radius 3 is 2.41 bits per heavy atom. The van der Waals surface area contributed by atoms with Crippen LogP contribution in [0.4, 0.5) is 0 Å². The van der Waals surface area contributed by atoms with E-state index in [2.05, 4.69) is 9.84 Å². The summed E-state index contributed by atoms with van der Waals surface area (Å²) in [5, 5.41) is 4.41. The third kappa shape index (κ3) is 1.85. The van der Waals surface area contributed by atoms with E-state index in [-0.39, 0.29) is 12.5 Å². The SMILES string of the molecule is Cc1nn(C(C)C)c(C)c1C1CC(=O)OC1=O. The molecule has 17 heavy (non-hydrogen) atoms. The van der Waals surface area contributed by atoms with Gasteiger partial charge in [-0.25, -0.2) is 0 Å². The van der Waals surface area contributed by atoms with Gasteiger partial charge in [0.2, 0.25) is 0 Å². The van der Waals surface area contributed by atoms with Gasteiger partial charge in [-0.15, -0.1) is 0 Å². The predicted molar refractivity (Wildman–Crippen MR) is 60.5 cm³/mol. The Morgan fingerprint density at radius 1 is 1.35 bits per heavy atom. The zero-order valence-corrected chi connectivity index (χ0v) is 10.5. The Labute approximate surface area is 99.8 Å². The average Bonchev–Trinajstić information content (AvgIpc) is 2.67. The molecule has 0 aromatic carbocycles. The van der Waals surface area contributed by atoms with Gasteiger partial charge in [0.05, 0.1) is 18.0 Å². The van der Waals surface area contributed by atoms with Gasteiger partial charge in [-0.3, -0.25) is 14.3 Å². The first-order chi connectivity index (χ1) is 7.91.